The van der Waals surface area contributed by atoms with Gasteiger partial charge in [-0.15, -0.1) is 0 Å². The molecule has 0 N–H and O–H groups in total. The molecule has 0 spiro atoms. The number of hydrogen-bond acceptors (Lipinski definition) is 9. The molecule has 0 radical (unpaired) electrons. The second-order valence-corrected chi connectivity index (χ2v) is 9.25. The van der Waals surface area contributed by atoms with Crippen LogP contribution in [0.3, 0.4) is 0 Å². The standard InChI is InChI=1S/C28H48O9/c1-7-33-24(34-8-2)14-15-36-28-27(35-17-16-31-19-22-12-10-9-11-13-22)26(30-6)25(29-5)23(37-28)20-32-18-21(3)4/h9-13,21,23-28H,7-8,14-20H2,1-6H3/t23-,25-,26+,27+,28-/m1/s1. The molecule has 1 aliphatic heterocycles. The Morgan fingerprint density at radius 2 is 1.51 bits per heavy atom. The molecule has 2 rings (SSSR count). The SMILES string of the molecule is CCOC(CCO[C@@H]1O[C@H](COCC(C)C)[C@@H](OC)[C@H](OC)[C@@H]1OCCOCc1ccccc1)OCC. The Morgan fingerprint density at radius 1 is 0.811 bits per heavy atom. The Bertz CT molecular complexity index is 669. The maximum atomic E-state index is 6.34. The highest BCUT2D eigenvalue weighted by molar-refractivity contribution is 5.13. The molecule has 214 valence electrons. The van der Waals surface area contributed by atoms with Gasteiger partial charge in [-0.1, -0.05) is 44.2 Å². The predicted molar refractivity (Wildman–Crippen MR) is 139 cm³/mol. The summed E-state index contributed by atoms with van der Waals surface area (Å²) in [5.74, 6) is 0.413. The maximum Gasteiger partial charge on any atom is 0.186 e. The lowest BCUT2D eigenvalue weighted by molar-refractivity contribution is -0.320. The molecule has 1 aromatic rings. The van der Waals surface area contributed by atoms with Crippen LogP contribution in [0.5, 0.6) is 0 Å². The molecular weight excluding hydrogens is 480 g/mol. The van der Waals surface area contributed by atoms with Gasteiger partial charge in [-0.25, -0.2) is 0 Å². The lowest BCUT2D eigenvalue weighted by Crippen LogP contribution is -2.61. The summed E-state index contributed by atoms with van der Waals surface area (Å²) in [6.45, 7) is 11.9. The number of benzene rings is 1. The Kier molecular flexibility index (Phi) is 16.5. The van der Waals surface area contributed by atoms with Crippen LogP contribution in [-0.2, 0) is 49.2 Å². The normalized spacial score (nSPS) is 24.3. The first-order chi connectivity index (χ1) is 18.0. The lowest BCUT2D eigenvalue weighted by atomic mass is 9.98. The van der Waals surface area contributed by atoms with Crippen molar-refractivity contribution >= 4 is 0 Å². The van der Waals surface area contributed by atoms with Crippen LogP contribution in [0.1, 0.15) is 39.7 Å². The van der Waals surface area contributed by atoms with E-state index >= 15 is 0 Å². The van der Waals surface area contributed by atoms with Crippen molar-refractivity contribution in [1.82, 2.24) is 0 Å². The minimum absolute atomic E-state index is 0.334. The molecule has 1 heterocycles. The van der Waals surface area contributed by atoms with Gasteiger partial charge >= 0.3 is 0 Å². The number of rotatable bonds is 20. The molecule has 1 saturated heterocycles. The summed E-state index contributed by atoms with van der Waals surface area (Å²) in [5, 5.41) is 0. The first kappa shape index (κ1) is 32.1. The quantitative estimate of drug-likeness (QED) is 0.185. The highest BCUT2D eigenvalue weighted by Crippen LogP contribution is 2.29. The fourth-order valence-corrected chi connectivity index (χ4v) is 4.17. The Hall–Kier alpha value is -1.14. The average Bonchev–Trinajstić information content (AvgIpc) is 2.89. The van der Waals surface area contributed by atoms with Gasteiger partial charge < -0.3 is 42.6 Å². The van der Waals surface area contributed by atoms with Gasteiger partial charge in [0.15, 0.2) is 12.6 Å². The number of hydrogen-bond donors (Lipinski definition) is 0. The fraction of sp³-hybridized carbons (Fsp3) is 0.786. The minimum atomic E-state index is -0.679. The van der Waals surface area contributed by atoms with Crippen molar-refractivity contribution < 1.29 is 42.6 Å². The smallest absolute Gasteiger partial charge is 0.186 e. The van der Waals surface area contributed by atoms with Crippen LogP contribution in [0.4, 0.5) is 0 Å². The van der Waals surface area contributed by atoms with Gasteiger partial charge in [0.1, 0.15) is 24.4 Å². The van der Waals surface area contributed by atoms with E-state index in [0.717, 1.165) is 5.56 Å². The molecule has 1 aliphatic rings. The zero-order valence-electron chi connectivity index (χ0n) is 23.5. The summed E-state index contributed by atoms with van der Waals surface area (Å²) in [6, 6.07) is 10.0. The molecule has 0 aliphatic carbocycles. The summed E-state index contributed by atoms with van der Waals surface area (Å²) in [5.41, 5.74) is 1.11. The maximum absolute atomic E-state index is 6.34. The highest BCUT2D eigenvalue weighted by atomic mass is 16.7. The summed E-state index contributed by atoms with van der Waals surface area (Å²) in [6.07, 6.45) is -2.14. The van der Waals surface area contributed by atoms with Crippen molar-refractivity contribution in [2.45, 2.75) is 77.7 Å². The molecule has 37 heavy (non-hydrogen) atoms. The van der Waals surface area contributed by atoms with Crippen LogP contribution in [0.25, 0.3) is 0 Å². The van der Waals surface area contributed by atoms with E-state index in [0.29, 0.717) is 65.2 Å². The summed E-state index contributed by atoms with van der Waals surface area (Å²) < 4.78 is 53.4. The number of ether oxygens (including phenoxy) is 9. The summed E-state index contributed by atoms with van der Waals surface area (Å²) >= 11 is 0. The highest BCUT2D eigenvalue weighted by Gasteiger charge is 2.48. The largest absolute Gasteiger partial charge is 0.378 e. The molecule has 0 aromatic heterocycles. The Balaban J connectivity index is 2.01. The van der Waals surface area contributed by atoms with Gasteiger partial charge in [0.2, 0.25) is 0 Å². The van der Waals surface area contributed by atoms with Crippen molar-refractivity contribution in [1.29, 1.82) is 0 Å². The van der Waals surface area contributed by atoms with Crippen LogP contribution >= 0.6 is 0 Å². The van der Waals surface area contributed by atoms with E-state index < -0.39 is 18.5 Å². The van der Waals surface area contributed by atoms with Crippen molar-refractivity contribution in [2.24, 2.45) is 5.92 Å². The number of methoxy groups -OCH3 is 2. The van der Waals surface area contributed by atoms with Crippen LogP contribution < -0.4 is 0 Å². The van der Waals surface area contributed by atoms with Crippen LogP contribution in [0.15, 0.2) is 30.3 Å². The van der Waals surface area contributed by atoms with E-state index in [4.69, 9.17) is 42.6 Å². The second kappa shape index (κ2) is 19.0. The van der Waals surface area contributed by atoms with Crippen LogP contribution in [-0.4, -0.2) is 97.5 Å². The molecule has 5 atom stereocenters. The van der Waals surface area contributed by atoms with Crippen molar-refractivity contribution in [3.63, 3.8) is 0 Å². The van der Waals surface area contributed by atoms with E-state index in [-0.39, 0.29) is 18.5 Å². The molecule has 0 bridgehead atoms. The third-order valence-corrected chi connectivity index (χ3v) is 5.86. The lowest BCUT2D eigenvalue weighted by Gasteiger charge is -2.45. The molecule has 9 nitrogen and oxygen atoms in total. The topological polar surface area (TPSA) is 83.1 Å². The van der Waals surface area contributed by atoms with Gasteiger partial charge in [0, 0.05) is 40.5 Å². The fourth-order valence-electron chi connectivity index (χ4n) is 4.17. The first-order valence-corrected chi connectivity index (χ1v) is 13.4. The van der Waals surface area contributed by atoms with Gasteiger partial charge in [-0.05, 0) is 25.3 Å². The average molecular weight is 529 g/mol. The molecule has 0 saturated carbocycles. The predicted octanol–water partition coefficient (Wildman–Crippen LogP) is 3.82. The van der Waals surface area contributed by atoms with Crippen molar-refractivity contribution in [3.05, 3.63) is 35.9 Å². The van der Waals surface area contributed by atoms with Gasteiger partial charge in [0.25, 0.3) is 0 Å². The zero-order valence-corrected chi connectivity index (χ0v) is 23.5. The molecule has 1 aromatic carbocycles. The van der Waals surface area contributed by atoms with Crippen molar-refractivity contribution in [3.8, 4) is 0 Å². The molecular formula is C28H48O9. The first-order valence-electron chi connectivity index (χ1n) is 13.4. The molecule has 0 amide bonds. The van der Waals surface area contributed by atoms with E-state index in [1.807, 2.05) is 44.2 Å². The second-order valence-electron chi connectivity index (χ2n) is 9.25. The molecule has 1 fully saturated rings. The van der Waals surface area contributed by atoms with Gasteiger partial charge in [-0.3, -0.25) is 0 Å². The van der Waals surface area contributed by atoms with Crippen LogP contribution in [0.2, 0.25) is 0 Å². The summed E-state index contributed by atoms with van der Waals surface area (Å²) in [7, 11) is 3.29. The summed E-state index contributed by atoms with van der Waals surface area (Å²) in [4.78, 5) is 0. The Labute approximate surface area is 222 Å². The van der Waals surface area contributed by atoms with Crippen LogP contribution in [0, 0.1) is 5.92 Å². The third-order valence-electron chi connectivity index (χ3n) is 5.86. The molecule has 9 heteroatoms. The monoisotopic (exact) mass is 528 g/mol. The third kappa shape index (κ3) is 11.6. The van der Waals surface area contributed by atoms with E-state index in [9.17, 15) is 0 Å². The van der Waals surface area contributed by atoms with Gasteiger partial charge in [-0.2, -0.15) is 0 Å². The van der Waals surface area contributed by atoms with E-state index in [1.54, 1.807) is 14.2 Å². The zero-order chi connectivity index (χ0) is 26.9. The molecule has 0 unspecified atom stereocenters. The van der Waals surface area contributed by atoms with Crippen molar-refractivity contribution in [2.75, 3.05) is 60.5 Å². The Morgan fingerprint density at radius 3 is 2.14 bits per heavy atom. The van der Waals surface area contributed by atoms with E-state index in [2.05, 4.69) is 13.8 Å². The van der Waals surface area contributed by atoms with Gasteiger partial charge in [0.05, 0.1) is 33.0 Å². The minimum Gasteiger partial charge on any atom is -0.378 e. The van der Waals surface area contributed by atoms with E-state index in [1.165, 1.54) is 0 Å².